The molecule has 0 aromatic heterocycles. The van der Waals surface area contributed by atoms with E-state index in [2.05, 4.69) is 21.2 Å². The van der Waals surface area contributed by atoms with Gasteiger partial charge >= 0.3 is 0 Å². The number of hydrogen-bond donors (Lipinski definition) is 1. The monoisotopic (exact) mass is 324 g/mol. The fourth-order valence-corrected chi connectivity index (χ4v) is 3.06. The molecule has 1 amide bonds. The molecule has 0 saturated carbocycles. The van der Waals surface area contributed by atoms with Gasteiger partial charge in [0.1, 0.15) is 0 Å². The van der Waals surface area contributed by atoms with Crippen LogP contribution in [0.2, 0.25) is 0 Å². The number of piperidine rings is 1. The molecule has 1 heterocycles. The van der Waals surface area contributed by atoms with Crippen molar-refractivity contribution in [2.45, 2.75) is 19.3 Å². The lowest BCUT2D eigenvalue weighted by Gasteiger charge is -2.32. The highest BCUT2D eigenvalue weighted by Gasteiger charge is 2.22. The van der Waals surface area contributed by atoms with E-state index < -0.39 is 0 Å². The zero-order valence-corrected chi connectivity index (χ0v) is 12.9. The summed E-state index contributed by atoms with van der Waals surface area (Å²) in [6.45, 7) is 2.87. The first-order valence-electron chi connectivity index (χ1n) is 6.86. The summed E-state index contributed by atoms with van der Waals surface area (Å²) in [6.07, 6.45) is 2.74. The third-order valence-electron chi connectivity index (χ3n) is 3.70. The normalized spacial score (nSPS) is 16.6. The van der Waals surface area contributed by atoms with Gasteiger partial charge in [0, 0.05) is 17.6 Å². The zero-order chi connectivity index (χ0) is 13.7. The largest absolute Gasteiger partial charge is 0.342 e. The lowest BCUT2D eigenvalue weighted by atomic mass is 9.96. The van der Waals surface area contributed by atoms with Crippen LogP contribution in [0.1, 0.15) is 18.4 Å². The summed E-state index contributed by atoms with van der Waals surface area (Å²) in [5.41, 5.74) is 1.08. The van der Waals surface area contributed by atoms with Gasteiger partial charge in [-0.2, -0.15) is 0 Å². The summed E-state index contributed by atoms with van der Waals surface area (Å²) < 4.78 is 1.03. The van der Waals surface area contributed by atoms with Crippen LogP contribution in [0, 0.1) is 5.92 Å². The molecule has 2 rings (SSSR count). The van der Waals surface area contributed by atoms with E-state index in [0.717, 1.165) is 48.4 Å². The Labute approximate surface area is 123 Å². The van der Waals surface area contributed by atoms with E-state index in [9.17, 15) is 4.79 Å². The average molecular weight is 325 g/mol. The number of nitrogens with one attached hydrogen (secondary N) is 1. The van der Waals surface area contributed by atoms with Crippen LogP contribution < -0.4 is 5.32 Å². The predicted octanol–water partition coefficient (Wildman–Crippen LogP) is 2.45. The Kier molecular flexibility index (Phi) is 5.40. The van der Waals surface area contributed by atoms with Gasteiger partial charge < -0.3 is 10.2 Å². The van der Waals surface area contributed by atoms with Crippen molar-refractivity contribution < 1.29 is 4.79 Å². The topological polar surface area (TPSA) is 32.3 Å². The van der Waals surface area contributed by atoms with Crippen LogP contribution in [0.5, 0.6) is 0 Å². The quantitative estimate of drug-likeness (QED) is 0.922. The highest BCUT2D eigenvalue weighted by molar-refractivity contribution is 9.10. The van der Waals surface area contributed by atoms with E-state index in [1.807, 2.05) is 36.2 Å². The molecule has 1 N–H and O–H groups in total. The third kappa shape index (κ3) is 4.32. The molecule has 1 aliphatic rings. The molecule has 1 aliphatic heterocycles. The number of amides is 1. The van der Waals surface area contributed by atoms with E-state index in [0.29, 0.717) is 6.42 Å². The van der Waals surface area contributed by atoms with E-state index in [-0.39, 0.29) is 5.91 Å². The highest BCUT2D eigenvalue weighted by atomic mass is 79.9. The van der Waals surface area contributed by atoms with Crippen molar-refractivity contribution >= 4 is 21.8 Å². The maximum atomic E-state index is 12.2. The number of carbonyl (C=O) groups is 1. The number of benzene rings is 1. The lowest BCUT2D eigenvalue weighted by Crippen LogP contribution is -2.41. The van der Waals surface area contributed by atoms with Crippen molar-refractivity contribution in [2.75, 3.05) is 26.7 Å². The molecule has 0 aliphatic carbocycles. The van der Waals surface area contributed by atoms with Gasteiger partial charge in [0.15, 0.2) is 0 Å². The lowest BCUT2D eigenvalue weighted by molar-refractivity contribution is -0.131. The molecule has 4 heteroatoms. The first-order chi connectivity index (χ1) is 9.19. The fraction of sp³-hybridized carbons (Fsp3) is 0.533. The molecule has 1 aromatic rings. The number of nitrogens with zero attached hydrogens (tertiary/aromatic N) is 1. The minimum Gasteiger partial charge on any atom is -0.342 e. The van der Waals surface area contributed by atoms with Gasteiger partial charge in [0.05, 0.1) is 6.42 Å². The number of halogens is 1. The van der Waals surface area contributed by atoms with Gasteiger partial charge in [-0.25, -0.2) is 0 Å². The van der Waals surface area contributed by atoms with Gasteiger partial charge in [-0.3, -0.25) is 4.79 Å². The summed E-state index contributed by atoms with van der Waals surface area (Å²) in [5.74, 6) is 0.973. The highest BCUT2D eigenvalue weighted by Crippen LogP contribution is 2.18. The molecular weight excluding hydrogens is 304 g/mol. The summed E-state index contributed by atoms with van der Waals surface area (Å²) >= 11 is 3.44. The molecule has 1 saturated heterocycles. The van der Waals surface area contributed by atoms with Gasteiger partial charge in [-0.05, 0) is 50.0 Å². The van der Waals surface area contributed by atoms with Crippen molar-refractivity contribution in [3.8, 4) is 0 Å². The second-order valence-corrected chi connectivity index (χ2v) is 6.10. The minimum atomic E-state index is 0.251. The molecule has 19 heavy (non-hydrogen) atoms. The van der Waals surface area contributed by atoms with Crippen LogP contribution in [0.3, 0.4) is 0 Å². The van der Waals surface area contributed by atoms with Crippen molar-refractivity contribution in [3.05, 3.63) is 34.3 Å². The molecule has 0 spiro atoms. The van der Waals surface area contributed by atoms with E-state index >= 15 is 0 Å². The van der Waals surface area contributed by atoms with Gasteiger partial charge in [-0.1, -0.05) is 28.1 Å². The standard InChI is InChI=1S/C15H21BrN2O/c1-17-11-12-5-7-18(8-6-12)15(19)10-13-3-2-4-14(16)9-13/h2-4,9,12,17H,5-8,10-11H2,1H3. The zero-order valence-electron chi connectivity index (χ0n) is 11.4. The number of rotatable bonds is 4. The Hall–Kier alpha value is -0.870. The molecule has 1 fully saturated rings. The average Bonchev–Trinajstić information content (AvgIpc) is 2.40. The van der Waals surface area contributed by atoms with Crippen LogP contribution in [0.15, 0.2) is 28.7 Å². The molecule has 0 atom stereocenters. The Morgan fingerprint density at radius 2 is 2.16 bits per heavy atom. The summed E-state index contributed by atoms with van der Waals surface area (Å²) in [4.78, 5) is 14.2. The Morgan fingerprint density at radius 3 is 2.79 bits per heavy atom. The van der Waals surface area contributed by atoms with Crippen LogP contribution in [-0.4, -0.2) is 37.5 Å². The van der Waals surface area contributed by atoms with Crippen LogP contribution >= 0.6 is 15.9 Å². The third-order valence-corrected chi connectivity index (χ3v) is 4.20. The van der Waals surface area contributed by atoms with Crippen molar-refractivity contribution in [1.29, 1.82) is 0 Å². The molecule has 0 bridgehead atoms. The second-order valence-electron chi connectivity index (χ2n) is 5.19. The fourth-order valence-electron chi connectivity index (χ4n) is 2.61. The maximum Gasteiger partial charge on any atom is 0.226 e. The first-order valence-corrected chi connectivity index (χ1v) is 7.65. The van der Waals surface area contributed by atoms with E-state index in [1.165, 1.54) is 0 Å². The molecule has 0 radical (unpaired) electrons. The van der Waals surface area contributed by atoms with Crippen LogP contribution in [-0.2, 0) is 11.2 Å². The van der Waals surface area contributed by atoms with Crippen molar-refractivity contribution in [2.24, 2.45) is 5.92 Å². The molecule has 1 aromatic carbocycles. The van der Waals surface area contributed by atoms with Gasteiger partial charge in [-0.15, -0.1) is 0 Å². The number of hydrogen-bond acceptors (Lipinski definition) is 2. The molecule has 0 unspecified atom stereocenters. The Bertz CT molecular complexity index is 428. The van der Waals surface area contributed by atoms with Gasteiger partial charge in [0.2, 0.25) is 5.91 Å². The smallest absolute Gasteiger partial charge is 0.226 e. The minimum absolute atomic E-state index is 0.251. The Balaban J connectivity index is 1.84. The molecular formula is C15H21BrN2O. The van der Waals surface area contributed by atoms with Crippen LogP contribution in [0.4, 0.5) is 0 Å². The summed E-state index contributed by atoms with van der Waals surface area (Å²) in [6, 6.07) is 7.99. The van der Waals surface area contributed by atoms with Gasteiger partial charge in [0.25, 0.3) is 0 Å². The first kappa shape index (κ1) is 14.5. The van der Waals surface area contributed by atoms with Crippen LogP contribution in [0.25, 0.3) is 0 Å². The summed E-state index contributed by atoms with van der Waals surface area (Å²) in [7, 11) is 1.99. The van der Waals surface area contributed by atoms with Crippen molar-refractivity contribution in [3.63, 3.8) is 0 Å². The second kappa shape index (κ2) is 7.06. The number of likely N-dealkylation sites (tertiary alicyclic amines) is 1. The SMILES string of the molecule is CNCC1CCN(C(=O)Cc2cccc(Br)c2)CC1. The summed E-state index contributed by atoms with van der Waals surface area (Å²) in [5, 5.41) is 3.22. The molecule has 3 nitrogen and oxygen atoms in total. The molecule has 104 valence electrons. The maximum absolute atomic E-state index is 12.2. The number of carbonyl (C=O) groups excluding carboxylic acids is 1. The predicted molar refractivity (Wildman–Crippen MR) is 81.1 cm³/mol. The van der Waals surface area contributed by atoms with Crippen molar-refractivity contribution in [1.82, 2.24) is 10.2 Å². The van der Waals surface area contributed by atoms with E-state index in [1.54, 1.807) is 0 Å². The van der Waals surface area contributed by atoms with E-state index in [4.69, 9.17) is 0 Å². The Morgan fingerprint density at radius 1 is 1.42 bits per heavy atom.